The van der Waals surface area contributed by atoms with Crippen LogP contribution in [0.5, 0.6) is 0 Å². The highest BCUT2D eigenvalue weighted by Gasteiger charge is 2.13. The van der Waals surface area contributed by atoms with Gasteiger partial charge in [0.1, 0.15) is 0 Å². The first-order valence-electron chi connectivity index (χ1n) is 6.75. The van der Waals surface area contributed by atoms with Crippen LogP contribution in [-0.2, 0) is 18.9 Å². The molecule has 0 saturated carbocycles. The van der Waals surface area contributed by atoms with Crippen LogP contribution in [0.2, 0.25) is 0 Å². The highest BCUT2D eigenvalue weighted by molar-refractivity contribution is 7.99. The second-order valence-corrected chi connectivity index (χ2v) is 5.80. The quantitative estimate of drug-likeness (QED) is 0.424. The number of anilines is 1. The molecule has 2 aromatic heterocycles. The fourth-order valence-electron chi connectivity index (χ4n) is 2.01. The lowest BCUT2D eigenvalue weighted by atomic mass is 10.2. The summed E-state index contributed by atoms with van der Waals surface area (Å²) in [5.74, 6) is 0.0934. The van der Waals surface area contributed by atoms with Gasteiger partial charge >= 0.3 is 5.88 Å². The minimum Gasteiger partial charge on any atom is -0.290 e. The van der Waals surface area contributed by atoms with Gasteiger partial charge in [-0.1, -0.05) is 28.6 Å². The molecule has 0 bridgehead atoms. The molecule has 118 valence electrons. The van der Waals surface area contributed by atoms with E-state index in [4.69, 9.17) is 4.52 Å². The van der Waals surface area contributed by atoms with Gasteiger partial charge in [-0.3, -0.25) is 24.0 Å². The first-order chi connectivity index (χ1) is 11.0. The largest absolute Gasteiger partial charge is 0.302 e. The van der Waals surface area contributed by atoms with E-state index in [1.165, 1.54) is 21.0 Å². The molecular formula is C14H14N5O3S+. The van der Waals surface area contributed by atoms with Gasteiger partial charge in [0.05, 0.1) is 16.7 Å². The maximum atomic E-state index is 12.3. The van der Waals surface area contributed by atoms with Crippen molar-refractivity contribution in [1.82, 2.24) is 14.8 Å². The molecule has 0 fully saturated rings. The maximum absolute atomic E-state index is 12.3. The molecule has 0 unspecified atom stereocenters. The van der Waals surface area contributed by atoms with Crippen LogP contribution in [-0.4, -0.2) is 26.5 Å². The molecule has 0 aliphatic rings. The predicted molar refractivity (Wildman–Crippen MR) is 84.0 cm³/mol. The third-order valence-corrected chi connectivity index (χ3v) is 4.14. The molecule has 0 saturated heterocycles. The molecule has 3 rings (SSSR count). The third-order valence-electron chi connectivity index (χ3n) is 3.11. The van der Waals surface area contributed by atoms with Crippen molar-refractivity contribution in [2.75, 3.05) is 11.1 Å². The minimum atomic E-state index is -0.269. The lowest BCUT2D eigenvalue weighted by molar-refractivity contribution is -0.739. The van der Waals surface area contributed by atoms with E-state index in [2.05, 4.69) is 15.6 Å². The first-order valence-corrected chi connectivity index (χ1v) is 7.74. The molecule has 0 spiro atoms. The number of fused-ring (bicyclic) bond motifs is 1. The number of nitrogens with zero attached hydrogens (tertiary/aromatic N) is 4. The Morgan fingerprint density at radius 1 is 1.43 bits per heavy atom. The van der Waals surface area contributed by atoms with Crippen molar-refractivity contribution in [3.8, 4) is 0 Å². The molecule has 0 atom stereocenters. The van der Waals surface area contributed by atoms with Crippen molar-refractivity contribution in [2.24, 2.45) is 14.1 Å². The van der Waals surface area contributed by atoms with E-state index in [-0.39, 0.29) is 23.1 Å². The number of para-hydroxylation sites is 1. The molecule has 0 aliphatic carbocycles. The fraction of sp³-hybridized carbons (Fsp3) is 0.214. The molecule has 23 heavy (non-hydrogen) atoms. The van der Waals surface area contributed by atoms with E-state index in [0.29, 0.717) is 16.1 Å². The van der Waals surface area contributed by atoms with E-state index in [1.807, 2.05) is 6.07 Å². The Morgan fingerprint density at radius 2 is 2.22 bits per heavy atom. The number of aromatic nitrogens is 4. The summed E-state index contributed by atoms with van der Waals surface area (Å²) in [7, 11) is 3.32. The summed E-state index contributed by atoms with van der Waals surface area (Å²) in [5.41, 5.74) is 0.474. The molecule has 1 aromatic carbocycles. The van der Waals surface area contributed by atoms with Crippen LogP contribution in [0.3, 0.4) is 0 Å². The van der Waals surface area contributed by atoms with Crippen LogP contribution in [0.1, 0.15) is 0 Å². The zero-order valence-corrected chi connectivity index (χ0v) is 13.3. The first kappa shape index (κ1) is 15.2. The maximum Gasteiger partial charge on any atom is 0.302 e. The number of rotatable bonds is 4. The topological polar surface area (TPSA) is 93.9 Å². The number of carbonyl (C=O) groups is 1. The van der Waals surface area contributed by atoms with Crippen molar-refractivity contribution < 1.29 is 14.0 Å². The summed E-state index contributed by atoms with van der Waals surface area (Å²) in [6.07, 6.45) is 1.55. The summed E-state index contributed by atoms with van der Waals surface area (Å²) < 4.78 is 7.77. The summed E-state index contributed by atoms with van der Waals surface area (Å²) in [5, 5.41) is 7.22. The highest BCUT2D eigenvalue weighted by atomic mass is 32.2. The number of benzene rings is 1. The number of amides is 1. The van der Waals surface area contributed by atoms with Crippen molar-refractivity contribution >= 4 is 34.5 Å². The average Bonchev–Trinajstić information content (AvgIpc) is 2.94. The molecule has 3 aromatic rings. The summed E-state index contributed by atoms with van der Waals surface area (Å²) in [4.78, 5) is 28.6. The number of nitrogens with one attached hydrogen (secondary N) is 1. The van der Waals surface area contributed by atoms with E-state index < -0.39 is 0 Å². The molecule has 8 nitrogen and oxygen atoms in total. The van der Waals surface area contributed by atoms with E-state index in [1.54, 1.807) is 38.5 Å². The lowest BCUT2D eigenvalue weighted by Crippen LogP contribution is -2.28. The van der Waals surface area contributed by atoms with Gasteiger partial charge in [-0.05, 0) is 12.1 Å². The molecule has 0 aliphatic heterocycles. The smallest absolute Gasteiger partial charge is 0.290 e. The summed E-state index contributed by atoms with van der Waals surface area (Å²) in [6.45, 7) is 0. The number of thioether (sulfide) groups is 1. The molecule has 2 heterocycles. The van der Waals surface area contributed by atoms with Gasteiger partial charge in [-0.25, -0.2) is 4.98 Å². The second kappa shape index (κ2) is 6.21. The molecule has 1 amide bonds. The molecule has 9 heteroatoms. The van der Waals surface area contributed by atoms with Gasteiger partial charge in [0.15, 0.2) is 17.5 Å². The van der Waals surface area contributed by atoms with Gasteiger partial charge in [-0.2, -0.15) is 0 Å². The van der Waals surface area contributed by atoms with Gasteiger partial charge < -0.3 is 0 Å². The highest BCUT2D eigenvalue weighted by Crippen LogP contribution is 2.17. The molecule has 1 N–H and O–H groups in total. The third kappa shape index (κ3) is 3.24. The van der Waals surface area contributed by atoms with Crippen molar-refractivity contribution in [1.29, 1.82) is 0 Å². The zero-order valence-electron chi connectivity index (χ0n) is 12.5. The molecule has 0 radical (unpaired) electrons. The Kier molecular flexibility index (Phi) is 4.11. The number of hydrogen-bond acceptors (Lipinski definition) is 6. The number of aryl methyl sites for hydroxylation is 1. The van der Waals surface area contributed by atoms with E-state index in [0.717, 1.165) is 0 Å². The second-order valence-electron chi connectivity index (χ2n) is 4.85. The van der Waals surface area contributed by atoms with Crippen LogP contribution in [0.15, 0.2) is 44.9 Å². The SMILES string of the molecule is Cn1c(SCC(=O)Nc2c[n+](C)no2)nc2ccccc2c1=O. The monoisotopic (exact) mass is 332 g/mol. The Morgan fingerprint density at radius 3 is 2.96 bits per heavy atom. The average molecular weight is 332 g/mol. The molecular weight excluding hydrogens is 318 g/mol. The van der Waals surface area contributed by atoms with Gasteiger partial charge in [0.2, 0.25) is 5.91 Å². The van der Waals surface area contributed by atoms with Gasteiger partial charge in [0.25, 0.3) is 11.8 Å². The normalized spacial score (nSPS) is 10.9. The number of hydrogen-bond donors (Lipinski definition) is 1. The Balaban J connectivity index is 1.75. The minimum absolute atomic E-state index is 0.100. The van der Waals surface area contributed by atoms with Crippen LogP contribution >= 0.6 is 11.8 Å². The fourth-order valence-corrected chi connectivity index (χ4v) is 2.78. The zero-order chi connectivity index (χ0) is 16.4. The van der Waals surface area contributed by atoms with Gasteiger partial charge in [0, 0.05) is 7.05 Å². The van der Waals surface area contributed by atoms with E-state index in [9.17, 15) is 9.59 Å². The van der Waals surface area contributed by atoms with Crippen LogP contribution < -0.4 is 15.6 Å². The van der Waals surface area contributed by atoms with Crippen molar-refractivity contribution in [3.05, 3.63) is 40.8 Å². The van der Waals surface area contributed by atoms with Crippen molar-refractivity contribution in [2.45, 2.75) is 5.16 Å². The van der Waals surface area contributed by atoms with E-state index >= 15 is 0 Å². The Bertz CT molecular complexity index is 934. The summed E-state index contributed by atoms with van der Waals surface area (Å²) >= 11 is 1.18. The van der Waals surface area contributed by atoms with Crippen molar-refractivity contribution in [3.63, 3.8) is 0 Å². The Labute approximate surface area is 135 Å². The number of carbonyl (C=O) groups excluding carboxylic acids is 1. The Hall–Kier alpha value is -2.68. The van der Waals surface area contributed by atoms with Crippen LogP contribution in [0.4, 0.5) is 5.88 Å². The van der Waals surface area contributed by atoms with Crippen LogP contribution in [0.25, 0.3) is 10.9 Å². The summed E-state index contributed by atoms with van der Waals surface area (Å²) in [6, 6.07) is 7.12. The predicted octanol–water partition coefficient (Wildman–Crippen LogP) is 0.477. The van der Waals surface area contributed by atoms with Crippen LogP contribution in [0, 0.1) is 0 Å². The van der Waals surface area contributed by atoms with Gasteiger partial charge in [-0.15, -0.1) is 0 Å². The lowest BCUT2D eigenvalue weighted by Gasteiger charge is -2.08. The standard InChI is InChI=1S/C14H13N5O3S/c1-18-7-12(22-17-18)16-11(20)8-23-14-15-10-6-4-3-5-9(10)13(21)19(14)2/h3-7H,8H2,1-2H3/p+1.